The number of likely N-dealkylation sites (N-methyl/N-ethyl adjacent to an activating group) is 1. The van der Waals surface area contributed by atoms with Gasteiger partial charge in [-0.2, -0.15) is 0 Å². The topological polar surface area (TPSA) is 53.8 Å². The summed E-state index contributed by atoms with van der Waals surface area (Å²) in [6.45, 7) is 6.55. The Balaban J connectivity index is 1.48. The van der Waals surface area contributed by atoms with Crippen molar-refractivity contribution in [1.29, 1.82) is 0 Å². The van der Waals surface area contributed by atoms with Crippen LogP contribution in [0.5, 0.6) is 0 Å². The second-order valence-electron chi connectivity index (χ2n) is 6.65. The van der Waals surface area contributed by atoms with Crippen molar-refractivity contribution in [2.24, 2.45) is 0 Å². The highest BCUT2D eigenvalue weighted by molar-refractivity contribution is 5.77. The molecule has 0 bridgehead atoms. The highest BCUT2D eigenvalue weighted by Crippen LogP contribution is 2.09. The van der Waals surface area contributed by atoms with Crippen molar-refractivity contribution in [1.82, 2.24) is 14.9 Å². The summed E-state index contributed by atoms with van der Waals surface area (Å²) >= 11 is 0. The molecule has 25 heavy (non-hydrogen) atoms. The summed E-state index contributed by atoms with van der Waals surface area (Å²) in [7, 11) is 2.08. The summed E-state index contributed by atoms with van der Waals surface area (Å²) in [5, 5.41) is 0. The van der Waals surface area contributed by atoms with Gasteiger partial charge in [0, 0.05) is 44.1 Å². The van der Waals surface area contributed by atoms with Gasteiger partial charge in [0.05, 0.1) is 7.05 Å². The second-order valence-corrected chi connectivity index (χ2v) is 6.65. The van der Waals surface area contributed by atoms with Crippen LogP contribution in [0.25, 0.3) is 0 Å². The fourth-order valence-corrected chi connectivity index (χ4v) is 3.18. The Morgan fingerprint density at radius 1 is 1.08 bits per heavy atom. The zero-order valence-electron chi connectivity index (χ0n) is 15.0. The summed E-state index contributed by atoms with van der Waals surface area (Å²) in [4.78, 5) is 26.5. The van der Waals surface area contributed by atoms with Crippen molar-refractivity contribution >= 4 is 11.9 Å². The van der Waals surface area contributed by atoms with Crippen LogP contribution >= 0.6 is 0 Å². The Labute approximate surface area is 149 Å². The SMILES string of the molecule is Cc1ccccc1C[NH+](C)CC(=O)N1CCN(c2ncccn2)CC1. The van der Waals surface area contributed by atoms with E-state index < -0.39 is 0 Å². The van der Waals surface area contributed by atoms with E-state index in [-0.39, 0.29) is 5.91 Å². The number of nitrogens with one attached hydrogen (secondary N) is 1. The largest absolute Gasteiger partial charge is 0.337 e. The van der Waals surface area contributed by atoms with Gasteiger partial charge in [-0.1, -0.05) is 24.3 Å². The molecule has 2 heterocycles. The number of benzene rings is 1. The molecule has 0 spiro atoms. The molecule has 6 nitrogen and oxygen atoms in total. The molecule has 1 saturated heterocycles. The van der Waals surface area contributed by atoms with E-state index >= 15 is 0 Å². The van der Waals surface area contributed by atoms with Crippen LogP contribution in [0.15, 0.2) is 42.7 Å². The maximum absolute atomic E-state index is 12.6. The van der Waals surface area contributed by atoms with Crippen molar-refractivity contribution in [3.05, 3.63) is 53.9 Å². The van der Waals surface area contributed by atoms with E-state index in [1.807, 2.05) is 11.0 Å². The van der Waals surface area contributed by atoms with Gasteiger partial charge in [-0.05, 0) is 18.6 Å². The van der Waals surface area contributed by atoms with Crippen LogP contribution < -0.4 is 9.80 Å². The molecule has 3 rings (SSSR count). The van der Waals surface area contributed by atoms with Crippen LogP contribution in [0.1, 0.15) is 11.1 Å². The van der Waals surface area contributed by atoms with Gasteiger partial charge in [0.25, 0.3) is 5.91 Å². The molecule has 1 fully saturated rings. The van der Waals surface area contributed by atoms with Crippen molar-refractivity contribution < 1.29 is 9.69 Å². The minimum atomic E-state index is 0.222. The Hall–Kier alpha value is -2.47. The van der Waals surface area contributed by atoms with Crippen molar-refractivity contribution in [3.63, 3.8) is 0 Å². The number of hydrogen-bond donors (Lipinski definition) is 1. The molecule has 1 amide bonds. The van der Waals surface area contributed by atoms with E-state index in [0.717, 1.165) is 38.7 Å². The summed E-state index contributed by atoms with van der Waals surface area (Å²) in [6.07, 6.45) is 3.51. The first-order valence-corrected chi connectivity index (χ1v) is 8.79. The van der Waals surface area contributed by atoms with Crippen molar-refractivity contribution in [2.75, 3.05) is 44.7 Å². The standard InChI is InChI=1S/C19H25N5O/c1-16-6-3-4-7-17(16)14-22(2)15-18(25)23-10-12-24(13-11-23)19-20-8-5-9-21-19/h3-9H,10-15H2,1-2H3/p+1. The second kappa shape index (κ2) is 8.07. The number of carbonyl (C=O) groups is 1. The van der Waals surface area contributed by atoms with Crippen LogP contribution in [-0.4, -0.2) is 60.5 Å². The predicted molar refractivity (Wildman–Crippen MR) is 97.5 cm³/mol. The average molecular weight is 340 g/mol. The number of piperazine rings is 1. The monoisotopic (exact) mass is 340 g/mol. The molecular weight excluding hydrogens is 314 g/mol. The number of quaternary nitrogens is 1. The molecule has 1 N–H and O–H groups in total. The van der Waals surface area contributed by atoms with Crippen LogP contribution in [0.4, 0.5) is 5.95 Å². The van der Waals surface area contributed by atoms with E-state index in [0.29, 0.717) is 6.54 Å². The molecule has 1 aromatic heterocycles. The minimum Gasteiger partial charge on any atom is -0.337 e. The van der Waals surface area contributed by atoms with E-state index in [4.69, 9.17) is 0 Å². The molecule has 2 aromatic rings. The number of carbonyl (C=O) groups excluding carboxylic acids is 1. The fourth-order valence-electron chi connectivity index (χ4n) is 3.18. The van der Waals surface area contributed by atoms with Crippen LogP contribution in [-0.2, 0) is 11.3 Å². The summed E-state index contributed by atoms with van der Waals surface area (Å²) in [5.74, 6) is 0.969. The first-order valence-electron chi connectivity index (χ1n) is 8.79. The van der Waals surface area contributed by atoms with Gasteiger partial charge in [0.1, 0.15) is 6.54 Å². The van der Waals surface area contributed by atoms with Crippen LogP contribution in [0.2, 0.25) is 0 Å². The molecule has 1 unspecified atom stereocenters. The number of aryl methyl sites for hydroxylation is 1. The average Bonchev–Trinajstić information content (AvgIpc) is 2.64. The van der Waals surface area contributed by atoms with E-state index in [1.54, 1.807) is 12.4 Å². The third-order valence-corrected chi connectivity index (χ3v) is 4.67. The zero-order valence-corrected chi connectivity index (χ0v) is 15.0. The molecule has 132 valence electrons. The normalized spacial score (nSPS) is 15.9. The third kappa shape index (κ3) is 4.54. The van der Waals surface area contributed by atoms with Crippen molar-refractivity contribution in [3.8, 4) is 0 Å². The minimum absolute atomic E-state index is 0.222. The molecule has 1 atom stereocenters. The van der Waals surface area contributed by atoms with Gasteiger partial charge in [-0.3, -0.25) is 4.79 Å². The molecule has 1 aliphatic rings. The summed E-state index contributed by atoms with van der Waals surface area (Å²) in [5.41, 5.74) is 2.59. The van der Waals surface area contributed by atoms with Gasteiger partial charge in [0.15, 0.2) is 6.54 Å². The highest BCUT2D eigenvalue weighted by Gasteiger charge is 2.24. The summed E-state index contributed by atoms with van der Waals surface area (Å²) < 4.78 is 0. The molecule has 0 aliphatic carbocycles. The third-order valence-electron chi connectivity index (χ3n) is 4.67. The Bertz CT molecular complexity index is 698. The molecule has 1 aliphatic heterocycles. The Kier molecular flexibility index (Phi) is 5.60. The smallest absolute Gasteiger partial charge is 0.277 e. The highest BCUT2D eigenvalue weighted by atomic mass is 16.2. The number of aromatic nitrogens is 2. The number of amides is 1. The molecular formula is C19H26N5O+. The van der Waals surface area contributed by atoms with Gasteiger partial charge < -0.3 is 14.7 Å². The summed E-state index contributed by atoms with van der Waals surface area (Å²) in [6, 6.07) is 10.2. The van der Waals surface area contributed by atoms with Gasteiger partial charge in [-0.15, -0.1) is 0 Å². The van der Waals surface area contributed by atoms with Crippen LogP contribution in [0, 0.1) is 6.92 Å². The van der Waals surface area contributed by atoms with E-state index in [1.165, 1.54) is 16.0 Å². The lowest BCUT2D eigenvalue weighted by Crippen LogP contribution is -3.09. The van der Waals surface area contributed by atoms with Crippen LogP contribution in [0.3, 0.4) is 0 Å². The lowest BCUT2D eigenvalue weighted by atomic mass is 10.1. The lowest BCUT2D eigenvalue weighted by Gasteiger charge is -2.34. The quantitative estimate of drug-likeness (QED) is 0.842. The predicted octanol–water partition coefficient (Wildman–Crippen LogP) is 0.149. The molecule has 0 radical (unpaired) electrons. The lowest BCUT2D eigenvalue weighted by molar-refractivity contribution is -0.885. The maximum atomic E-state index is 12.6. The van der Waals surface area contributed by atoms with Crippen molar-refractivity contribution in [2.45, 2.75) is 13.5 Å². The number of nitrogens with zero attached hydrogens (tertiary/aromatic N) is 4. The van der Waals surface area contributed by atoms with Gasteiger partial charge in [-0.25, -0.2) is 9.97 Å². The number of hydrogen-bond acceptors (Lipinski definition) is 4. The Morgan fingerprint density at radius 2 is 1.76 bits per heavy atom. The van der Waals surface area contributed by atoms with Gasteiger partial charge >= 0.3 is 0 Å². The fraction of sp³-hybridized carbons (Fsp3) is 0.421. The van der Waals surface area contributed by atoms with E-state index in [9.17, 15) is 4.79 Å². The first-order chi connectivity index (χ1) is 12.1. The molecule has 6 heteroatoms. The number of rotatable bonds is 5. The van der Waals surface area contributed by atoms with Gasteiger partial charge in [0.2, 0.25) is 5.95 Å². The zero-order chi connectivity index (χ0) is 17.6. The Morgan fingerprint density at radius 3 is 2.44 bits per heavy atom. The number of anilines is 1. The van der Waals surface area contributed by atoms with E-state index in [2.05, 4.69) is 53.1 Å². The maximum Gasteiger partial charge on any atom is 0.277 e. The first kappa shape index (κ1) is 17.4. The molecule has 1 aromatic carbocycles. The molecule has 0 saturated carbocycles.